The molecule has 0 saturated carbocycles. The molecule has 1 aromatic carbocycles. The van der Waals surface area contributed by atoms with E-state index in [-0.39, 0.29) is 11.6 Å². The number of hydrogen-bond acceptors (Lipinski definition) is 4. The van der Waals surface area contributed by atoms with Gasteiger partial charge < -0.3 is 19.9 Å². The molecule has 0 bridgehead atoms. The molecule has 3 aliphatic heterocycles. The van der Waals surface area contributed by atoms with E-state index in [2.05, 4.69) is 45.4 Å². The number of anilines is 1. The Kier molecular flexibility index (Phi) is 6.07. The number of para-hydroxylation sites is 1. The van der Waals surface area contributed by atoms with Gasteiger partial charge in [-0.2, -0.15) is 0 Å². The number of carbonyl (C=O) groups is 1. The van der Waals surface area contributed by atoms with Crippen LogP contribution in [0.25, 0.3) is 0 Å². The molecule has 1 unspecified atom stereocenters. The van der Waals surface area contributed by atoms with Crippen molar-refractivity contribution in [2.75, 3.05) is 57.3 Å². The van der Waals surface area contributed by atoms with Crippen LogP contribution in [0.5, 0.6) is 0 Å². The largest absolute Gasteiger partial charge is 0.375 e. The SMILES string of the molecule is CCNC(=O)N1CCC2(CC1)CC(N1CCN(c3ccccc3)CC1)CCO2. The molecule has 2 amide bonds. The highest BCUT2D eigenvalue weighted by Gasteiger charge is 2.42. The van der Waals surface area contributed by atoms with E-state index in [9.17, 15) is 4.79 Å². The molecule has 1 spiro atoms. The number of benzene rings is 1. The number of nitrogens with zero attached hydrogens (tertiary/aromatic N) is 3. The van der Waals surface area contributed by atoms with Gasteiger partial charge in [0, 0.05) is 64.1 Å². The third kappa shape index (κ3) is 4.28. The fourth-order valence-corrected chi connectivity index (χ4v) is 5.03. The molecule has 6 nitrogen and oxygen atoms in total. The Labute approximate surface area is 168 Å². The lowest BCUT2D eigenvalue weighted by Gasteiger charge is -2.49. The average molecular weight is 387 g/mol. The van der Waals surface area contributed by atoms with Crippen molar-refractivity contribution in [1.82, 2.24) is 15.1 Å². The van der Waals surface area contributed by atoms with Gasteiger partial charge in [0.15, 0.2) is 0 Å². The topological polar surface area (TPSA) is 48.1 Å². The Morgan fingerprint density at radius 1 is 1.11 bits per heavy atom. The van der Waals surface area contributed by atoms with Crippen LogP contribution in [0.2, 0.25) is 0 Å². The van der Waals surface area contributed by atoms with Gasteiger partial charge >= 0.3 is 6.03 Å². The highest BCUT2D eigenvalue weighted by molar-refractivity contribution is 5.74. The first-order chi connectivity index (χ1) is 13.7. The lowest BCUT2D eigenvalue weighted by Crippen LogP contribution is -2.58. The Morgan fingerprint density at radius 3 is 2.50 bits per heavy atom. The lowest BCUT2D eigenvalue weighted by molar-refractivity contribution is -0.129. The second-order valence-corrected chi connectivity index (χ2v) is 8.36. The normalized spacial score (nSPS) is 25.7. The maximum Gasteiger partial charge on any atom is 0.317 e. The standard InChI is InChI=1S/C22H34N4O2/c1-2-23-21(27)26-11-9-22(10-12-26)18-20(8-17-28-22)25-15-13-24(14-16-25)19-6-4-3-5-7-19/h3-7,20H,2,8-18H2,1H3,(H,23,27). The average Bonchev–Trinajstić information content (AvgIpc) is 2.75. The molecule has 154 valence electrons. The summed E-state index contributed by atoms with van der Waals surface area (Å²) in [6.45, 7) is 9.56. The van der Waals surface area contributed by atoms with Crippen molar-refractivity contribution in [3.05, 3.63) is 30.3 Å². The summed E-state index contributed by atoms with van der Waals surface area (Å²) in [6.07, 6.45) is 4.17. The minimum Gasteiger partial charge on any atom is -0.375 e. The summed E-state index contributed by atoms with van der Waals surface area (Å²) in [6, 6.07) is 11.4. The number of urea groups is 1. The van der Waals surface area contributed by atoms with Gasteiger partial charge in [0.2, 0.25) is 0 Å². The van der Waals surface area contributed by atoms with Gasteiger partial charge in [-0.15, -0.1) is 0 Å². The molecule has 3 aliphatic rings. The van der Waals surface area contributed by atoms with Gasteiger partial charge in [0.25, 0.3) is 0 Å². The second kappa shape index (κ2) is 8.70. The summed E-state index contributed by atoms with van der Waals surface area (Å²) in [7, 11) is 0. The van der Waals surface area contributed by atoms with Gasteiger partial charge in [-0.1, -0.05) is 18.2 Å². The number of ether oxygens (including phenoxy) is 1. The predicted octanol–water partition coefficient (Wildman–Crippen LogP) is 2.55. The Morgan fingerprint density at radius 2 is 1.82 bits per heavy atom. The fraction of sp³-hybridized carbons (Fsp3) is 0.682. The van der Waals surface area contributed by atoms with E-state index >= 15 is 0 Å². The Balaban J connectivity index is 1.30. The molecule has 0 radical (unpaired) electrons. The maximum atomic E-state index is 12.1. The van der Waals surface area contributed by atoms with Gasteiger partial charge in [0.1, 0.15) is 0 Å². The van der Waals surface area contributed by atoms with Crippen LogP contribution in [-0.2, 0) is 4.74 Å². The first-order valence-corrected chi connectivity index (χ1v) is 10.9. The van der Waals surface area contributed by atoms with Gasteiger partial charge in [-0.05, 0) is 44.7 Å². The monoisotopic (exact) mass is 386 g/mol. The number of nitrogens with one attached hydrogen (secondary N) is 1. The van der Waals surface area contributed by atoms with Crippen molar-refractivity contribution < 1.29 is 9.53 Å². The number of amides is 2. The third-order valence-corrected chi connectivity index (χ3v) is 6.71. The van der Waals surface area contributed by atoms with Crippen LogP contribution in [0.4, 0.5) is 10.5 Å². The summed E-state index contributed by atoms with van der Waals surface area (Å²) < 4.78 is 6.31. The van der Waals surface area contributed by atoms with Crippen LogP contribution < -0.4 is 10.2 Å². The number of piperidine rings is 1. The van der Waals surface area contributed by atoms with E-state index in [0.717, 1.165) is 71.6 Å². The van der Waals surface area contributed by atoms with E-state index in [1.807, 2.05) is 11.8 Å². The number of carbonyl (C=O) groups excluding carboxylic acids is 1. The minimum atomic E-state index is -0.0253. The van der Waals surface area contributed by atoms with Gasteiger partial charge in [-0.25, -0.2) is 4.79 Å². The smallest absolute Gasteiger partial charge is 0.317 e. The molecule has 1 atom stereocenters. The van der Waals surface area contributed by atoms with E-state index in [1.54, 1.807) is 0 Å². The van der Waals surface area contributed by atoms with Crippen LogP contribution in [0.15, 0.2) is 30.3 Å². The molecule has 6 heteroatoms. The highest BCUT2D eigenvalue weighted by atomic mass is 16.5. The molecule has 0 aliphatic carbocycles. The van der Waals surface area contributed by atoms with Crippen LogP contribution in [0.1, 0.15) is 32.6 Å². The molecular weight excluding hydrogens is 352 g/mol. The highest BCUT2D eigenvalue weighted by Crippen LogP contribution is 2.37. The Hall–Kier alpha value is -1.79. The zero-order valence-corrected chi connectivity index (χ0v) is 17.1. The first-order valence-electron chi connectivity index (χ1n) is 10.9. The summed E-state index contributed by atoms with van der Waals surface area (Å²) in [5, 5.41) is 2.92. The maximum absolute atomic E-state index is 12.1. The predicted molar refractivity (Wildman–Crippen MR) is 112 cm³/mol. The first kappa shape index (κ1) is 19.5. The van der Waals surface area contributed by atoms with Crippen molar-refractivity contribution in [2.45, 2.75) is 44.2 Å². The summed E-state index contributed by atoms with van der Waals surface area (Å²) in [5.41, 5.74) is 1.31. The van der Waals surface area contributed by atoms with Crippen LogP contribution in [-0.4, -0.2) is 79.9 Å². The zero-order chi connectivity index (χ0) is 19.4. The summed E-state index contributed by atoms with van der Waals surface area (Å²) >= 11 is 0. The number of rotatable bonds is 3. The van der Waals surface area contributed by atoms with E-state index < -0.39 is 0 Å². The molecule has 0 aromatic heterocycles. The quantitative estimate of drug-likeness (QED) is 0.867. The molecule has 4 rings (SSSR count). The van der Waals surface area contributed by atoms with Crippen molar-refractivity contribution in [1.29, 1.82) is 0 Å². The molecular formula is C22H34N4O2. The number of piperazine rings is 1. The van der Waals surface area contributed by atoms with Crippen LogP contribution >= 0.6 is 0 Å². The molecule has 1 N–H and O–H groups in total. The molecule has 3 fully saturated rings. The van der Waals surface area contributed by atoms with Gasteiger partial charge in [0.05, 0.1) is 5.60 Å². The fourth-order valence-electron chi connectivity index (χ4n) is 5.03. The van der Waals surface area contributed by atoms with E-state index in [1.165, 1.54) is 5.69 Å². The lowest BCUT2D eigenvalue weighted by atomic mass is 9.81. The summed E-state index contributed by atoms with van der Waals surface area (Å²) in [5.74, 6) is 0. The molecule has 3 saturated heterocycles. The van der Waals surface area contributed by atoms with E-state index in [0.29, 0.717) is 12.6 Å². The van der Waals surface area contributed by atoms with Crippen LogP contribution in [0.3, 0.4) is 0 Å². The molecule has 1 aromatic rings. The summed E-state index contributed by atoms with van der Waals surface area (Å²) in [4.78, 5) is 19.2. The van der Waals surface area contributed by atoms with Crippen molar-refractivity contribution in [3.63, 3.8) is 0 Å². The van der Waals surface area contributed by atoms with Crippen molar-refractivity contribution in [2.24, 2.45) is 0 Å². The zero-order valence-electron chi connectivity index (χ0n) is 17.1. The van der Waals surface area contributed by atoms with Crippen molar-refractivity contribution in [3.8, 4) is 0 Å². The second-order valence-electron chi connectivity index (χ2n) is 8.36. The van der Waals surface area contributed by atoms with E-state index in [4.69, 9.17) is 4.74 Å². The third-order valence-electron chi connectivity index (χ3n) is 6.71. The number of likely N-dealkylation sites (tertiary alicyclic amines) is 1. The minimum absolute atomic E-state index is 0.0253. The Bertz CT molecular complexity index is 637. The molecule has 28 heavy (non-hydrogen) atoms. The van der Waals surface area contributed by atoms with Gasteiger partial charge in [-0.3, -0.25) is 4.90 Å². The number of hydrogen-bond donors (Lipinski definition) is 1. The molecule has 3 heterocycles. The van der Waals surface area contributed by atoms with Crippen LogP contribution in [0, 0.1) is 0 Å². The van der Waals surface area contributed by atoms with Crippen molar-refractivity contribution >= 4 is 11.7 Å².